The van der Waals surface area contributed by atoms with Crippen LogP contribution in [0.5, 0.6) is 5.75 Å². The monoisotopic (exact) mass is 324 g/mol. The van der Waals surface area contributed by atoms with Crippen molar-refractivity contribution in [2.45, 2.75) is 44.8 Å². The molecule has 0 atom stereocenters. The zero-order valence-corrected chi connectivity index (χ0v) is 13.8. The molecule has 1 fully saturated rings. The first-order valence-electron chi connectivity index (χ1n) is 8.56. The van der Waals surface area contributed by atoms with E-state index in [0.717, 1.165) is 29.7 Å². The molecule has 0 radical (unpaired) electrons. The van der Waals surface area contributed by atoms with Gasteiger partial charge in [0.05, 0.1) is 12.5 Å². The molecule has 0 bridgehead atoms. The number of carbonyl (C=O) groups excluding carboxylic acids is 1. The number of ether oxygens (including phenoxy) is 1. The fourth-order valence-electron chi connectivity index (χ4n) is 3.03. The number of nitrogens with two attached hydrogens (primary N) is 1. The molecule has 4 heteroatoms. The predicted molar refractivity (Wildman–Crippen MR) is 95.7 cm³/mol. The quantitative estimate of drug-likeness (QED) is 0.800. The van der Waals surface area contributed by atoms with Crippen molar-refractivity contribution in [3.05, 3.63) is 59.7 Å². The van der Waals surface area contributed by atoms with Gasteiger partial charge in [0, 0.05) is 17.8 Å². The minimum atomic E-state index is -0.00422. The zero-order chi connectivity index (χ0) is 16.8. The van der Waals surface area contributed by atoms with Crippen molar-refractivity contribution in [3.8, 4) is 5.75 Å². The van der Waals surface area contributed by atoms with Crippen LogP contribution in [0.1, 0.15) is 36.8 Å². The molecule has 0 spiro atoms. The molecule has 2 aromatic carbocycles. The number of hydrogen-bond acceptors (Lipinski definition) is 3. The summed E-state index contributed by atoms with van der Waals surface area (Å²) in [6.45, 7) is 0.483. The molecule has 4 nitrogen and oxygen atoms in total. The van der Waals surface area contributed by atoms with E-state index >= 15 is 0 Å². The smallest absolute Gasteiger partial charge is 0.224 e. The maximum absolute atomic E-state index is 12.1. The Morgan fingerprint density at radius 1 is 1.08 bits per heavy atom. The number of benzene rings is 2. The summed E-state index contributed by atoms with van der Waals surface area (Å²) >= 11 is 0. The van der Waals surface area contributed by atoms with Crippen molar-refractivity contribution in [2.75, 3.05) is 5.73 Å². The summed E-state index contributed by atoms with van der Waals surface area (Å²) < 4.78 is 6.10. The van der Waals surface area contributed by atoms with E-state index in [0.29, 0.717) is 24.8 Å². The van der Waals surface area contributed by atoms with Crippen molar-refractivity contribution in [2.24, 2.45) is 0 Å². The molecule has 1 saturated carbocycles. The van der Waals surface area contributed by atoms with Gasteiger partial charge in [0.15, 0.2) is 0 Å². The average Bonchev–Trinajstić information content (AvgIpc) is 3.09. The number of nitrogens with one attached hydrogen (secondary N) is 1. The van der Waals surface area contributed by atoms with Gasteiger partial charge in [-0.15, -0.1) is 0 Å². The number of rotatable bonds is 6. The molecule has 3 N–H and O–H groups in total. The lowest BCUT2D eigenvalue weighted by molar-refractivity contribution is -0.120. The van der Waals surface area contributed by atoms with Gasteiger partial charge < -0.3 is 15.8 Å². The van der Waals surface area contributed by atoms with Gasteiger partial charge in [0.1, 0.15) is 5.75 Å². The molecule has 126 valence electrons. The molecular formula is C20H24N2O2. The van der Waals surface area contributed by atoms with Crippen LogP contribution >= 0.6 is 0 Å². The highest BCUT2D eigenvalue weighted by molar-refractivity contribution is 5.78. The van der Waals surface area contributed by atoms with Crippen LogP contribution < -0.4 is 15.8 Å². The van der Waals surface area contributed by atoms with Gasteiger partial charge in [-0.1, -0.05) is 30.3 Å². The third-order valence-corrected chi connectivity index (χ3v) is 4.39. The molecule has 24 heavy (non-hydrogen) atoms. The second-order valence-electron chi connectivity index (χ2n) is 6.33. The van der Waals surface area contributed by atoms with E-state index in [1.54, 1.807) is 0 Å². The normalized spacial score (nSPS) is 14.5. The second-order valence-corrected chi connectivity index (χ2v) is 6.33. The lowest BCUT2D eigenvalue weighted by Gasteiger charge is -2.16. The molecule has 2 aromatic rings. The lowest BCUT2D eigenvalue weighted by Crippen LogP contribution is -2.25. The second kappa shape index (κ2) is 7.86. The maximum atomic E-state index is 12.1. The Morgan fingerprint density at radius 3 is 2.54 bits per heavy atom. The van der Waals surface area contributed by atoms with Gasteiger partial charge in [0.25, 0.3) is 0 Å². The molecule has 3 rings (SSSR count). The van der Waals surface area contributed by atoms with Crippen LogP contribution in [0, 0.1) is 0 Å². The molecule has 0 unspecified atom stereocenters. The van der Waals surface area contributed by atoms with Crippen molar-refractivity contribution in [1.29, 1.82) is 0 Å². The molecule has 0 heterocycles. The van der Waals surface area contributed by atoms with Crippen molar-refractivity contribution in [3.63, 3.8) is 0 Å². The van der Waals surface area contributed by atoms with Gasteiger partial charge >= 0.3 is 0 Å². The number of amides is 1. The van der Waals surface area contributed by atoms with E-state index in [4.69, 9.17) is 10.5 Å². The summed E-state index contributed by atoms with van der Waals surface area (Å²) in [6, 6.07) is 15.3. The lowest BCUT2D eigenvalue weighted by atomic mass is 10.1. The average molecular weight is 324 g/mol. The molecule has 1 amide bonds. The van der Waals surface area contributed by atoms with E-state index in [2.05, 4.69) is 5.32 Å². The Hall–Kier alpha value is -2.49. The fourth-order valence-corrected chi connectivity index (χ4v) is 3.03. The van der Waals surface area contributed by atoms with Crippen LogP contribution in [0.2, 0.25) is 0 Å². The van der Waals surface area contributed by atoms with Crippen LogP contribution in [0.15, 0.2) is 48.5 Å². The van der Waals surface area contributed by atoms with Crippen LogP contribution in [0.3, 0.4) is 0 Å². The maximum Gasteiger partial charge on any atom is 0.224 e. The summed E-state index contributed by atoms with van der Waals surface area (Å²) in [5.74, 6) is 0.882. The number of nitrogen functional groups attached to an aromatic ring is 1. The van der Waals surface area contributed by atoms with E-state index in [1.807, 2.05) is 48.5 Å². The molecule has 1 aliphatic rings. The molecule has 0 saturated heterocycles. The van der Waals surface area contributed by atoms with E-state index in [-0.39, 0.29) is 5.91 Å². The first-order valence-corrected chi connectivity index (χ1v) is 8.56. The Kier molecular flexibility index (Phi) is 5.36. The van der Waals surface area contributed by atoms with Crippen molar-refractivity contribution in [1.82, 2.24) is 5.32 Å². The minimum absolute atomic E-state index is 0.00422. The molecule has 1 aliphatic carbocycles. The Bertz CT molecular complexity index is 676. The number of carbonyl (C=O) groups is 1. The van der Waals surface area contributed by atoms with Crippen molar-refractivity contribution >= 4 is 11.6 Å². The summed E-state index contributed by atoms with van der Waals surface area (Å²) in [6.07, 6.45) is 5.40. The first-order chi connectivity index (χ1) is 11.7. The van der Waals surface area contributed by atoms with Gasteiger partial charge in [0.2, 0.25) is 5.91 Å². The Labute approximate surface area is 143 Å². The molecule has 0 aromatic heterocycles. The summed E-state index contributed by atoms with van der Waals surface area (Å²) in [5.41, 5.74) is 8.35. The van der Waals surface area contributed by atoms with Crippen LogP contribution in [0.25, 0.3) is 0 Å². The molecule has 0 aliphatic heterocycles. The van der Waals surface area contributed by atoms with Crippen molar-refractivity contribution < 1.29 is 9.53 Å². The van der Waals surface area contributed by atoms with Gasteiger partial charge in [-0.3, -0.25) is 4.79 Å². The first kappa shape index (κ1) is 16.4. The van der Waals surface area contributed by atoms with Crippen LogP contribution in [0.4, 0.5) is 5.69 Å². The van der Waals surface area contributed by atoms with Gasteiger partial charge in [-0.25, -0.2) is 0 Å². The SMILES string of the molecule is Nc1ccc(CC(=O)NCc2ccccc2OC2CCCC2)cc1. The Balaban J connectivity index is 1.55. The summed E-state index contributed by atoms with van der Waals surface area (Å²) in [4.78, 5) is 12.1. The third-order valence-electron chi connectivity index (χ3n) is 4.39. The largest absolute Gasteiger partial charge is 0.490 e. The standard InChI is InChI=1S/C20H24N2O2/c21-17-11-9-15(10-12-17)13-20(23)22-14-16-5-1-4-8-19(16)24-18-6-2-3-7-18/h1,4-5,8-12,18H,2-3,6-7,13-14,21H2,(H,22,23). The van der Waals surface area contributed by atoms with E-state index in [1.165, 1.54) is 12.8 Å². The van der Waals surface area contributed by atoms with Gasteiger partial charge in [-0.05, 0) is 49.4 Å². The number of anilines is 1. The highest BCUT2D eigenvalue weighted by Gasteiger charge is 2.17. The highest BCUT2D eigenvalue weighted by Crippen LogP contribution is 2.26. The summed E-state index contributed by atoms with van der Waals surface area (Å²) in [7, 11) is 0. The predicted octanol–water partition coefficient (Wildman–Crippen LogP) is 3.45. The number of para-hydroxylation sites is 1. The molecular weight excluding hydrogens is 300 g/mol. The zero-order valence-electron chi connectivity index (χ0n) is 13.8. The van der Waals surface area contributed by atoms with Crippen LogP contribution in [-0.4, -0.2) is 12.0 Å². The third kappa shape index (κ3) is 4.51. The van der Waals surface area contributed by atoms with E-state index in [9.17, 15) is 4.79 Å². The minimum Gasteiger partial charge on any atom is -0.490 e. The highest BCUT2D eigenvalue weighted by atomic mass is 16.5. The Morgan fingerprint density at radius 2 is 1.79 bits per heavy atom. The summed E-state index contributed by atoms with van der Waals surface area (Å²) in [5, 5.41) is 2.98. The number of hydrogen-bond donors (Lipinski definition) is 2. The topological polar surface area (TPSA) is 64.4 Å². The van der Waals surface area contributed by atoms with Crippen LogP contribution in [-0.2, 0) is 17.8 Å². The van der Waals surface area contributed by atoms with E-state index < -0.39 is 0 Å². The van der Waals surface area contributed by atoms with Gasteiger partial charge in [-0.2, -0.15) is 0 Å². The fraction of sp³-hybridized carbons (Fsp3) is 0.350.